The van der Waals surface area contributed by atoms with Crippen LogP contribution in [-0.4, -0.2) is 37.5 Å². The Kier molecular flexibility index (Phi) is 4.31. The predicted octanol–water partition coefficient (Wildman–Crippen LogP) is 0.994. The molecule has 0 aromatic heterocycles. The van der Waals surface area contributed by atoms with E-state index in [9.17, 15) is 4.79 Å². The number of hydrogen-bond donors (Lipinski definition) is 1. The molecule has 1 saturated heterocycles. The van der Waals surface area contributed by atoms with Gasteiger partial charge in [0.1, 0.15) is 0 Å². The summed E-state index contributed by atoms with van der Waals surface area (Å²) in [5.41, 5.74) is -0.260. The van der Waals surface area contributed by atoms with E-state index in [4.69, 9.17) is 5.26 Å². The molecule has 1 atom stereocenters. The van der Waals surface area contributed by atoms with Crippen molar-refractivity contribution in [2.45, 2.75) is 26.7 Å². The molecular weight excluding hydrogens is 202 g/mol. The maximum atomic E-state index is 12.4. The summed E-state index contributed by atoms with van der Waals surface area (Å²) in [6, 6.07) is 2.08. The van der Waals surface area contributed by atoms with E-state index in [0.717, 1.165) is 19.5 Å². The van der Waals surface area contributed by atoms with Gasteiger partial charge < -0.3 is 10.2 Å². The Morgan fingerprint density at radius 1 is 1.62 bits per heavy atom. The first-order chi connectivity index (χ1) is 7.54. The van der Waals surface area contributed by atoms with E-state index in [1.54, 1.807) is 11.9 Å². The van der Waals surface area contributed by atoms with Crippen molar-refractivity contribution in [3.8, 4) is 6.07 Å². The molecule has 0 bridgehead atoms. The summed E-state index contributed by atoms with van der Waals surface area (Å²) in [5.74, 6) is 0.516. The van der Waals surface area contributed by atoms with Gasteiger partial charge in [0.2, 0.25) is 5.91 Å². The third kappa shape index (κ3) is 2.35. The molecule has 4 heteroatoms. The first-order valence-electron chi connectivity index (χ1n) is 5.88. The third-order valence-electron chi connectivity index (χ3n) is 3.63. The van der Waals surface area contributed by atoms with Crippen molar-refractivity contribution in [1.82, 2.24) is 10.2 Å². The fraction of sp³-hybridized carbons (Fsp3) is 0.833. The second-order valence-corrected chi connectivity index (χ2v) is 4.87. The van der Waals surface area contributed by atoms with Crippen molar-refractivity contribution in [2.24, 2.45) is 11.3 Å². The zero-order valence-corrected chi connectivity index (χ0v) is 10.4. The summed E-state index contributed by atoms with van der Waals surface area (Å²) in [6.07, 6.45) is 1.31. The lowest BCUT2D eigenvalue weighted by Gasteiger charge is -2.34. The highest BCUT2D eigenvalue weighted by atomic mass is 16.2. The van der Waals surface area contributed by atoms with Crippen LogP contribution in [-0.2, 0) is 4.79 Å². The SMILES string of the molecule is CC(C)C1(C(=O)N(C)CCC#N)CCNC1. The predicted molar refractivity (Wildman–Crippen MR) is 62.6 cm³/mol. The summed E-state index contributed by atoms with van der Waals surface area (Å²) in [4.78, 5) is 14.1. The first-order valence-corrected chi connectivity index (χ1v) is 5.88. The molecule has 0 radical (unpaired) electrons. The van der Waals surface area contributed by atoms with E-state index in [1.165, 1.54) is 0 Å². The summed E-state index contributed by atoms with van der Waals surface area (Å²) < 4.78 is 0. The van der Waals surface area contributed by atoms with Crippen LogP contribution in [0.3, 0.4) is 0 Å². The average Bonchev–Trinajstić information content (AvgIpc) is 2.75. The van der Waals surface area contributed by atoms with E-state index in [2.05, 4.69) is 25.2 Å². The van der Waals surface area contributed by atoms with Crippen molar-refractivity contribution < 1.29 is 4.79 Å². The molecule has 0 aromatic rings. The Bertz CT molecular complexity index is 287. The minimum Gasteiger partial charge on any atom is -0.344 e. The number of nitrogens with zero attached hydrogens (tertiary/aromatic N) is 2. The van der Waals surface area contributed by atoms with Crippen molar-refractivity contribution in [1.29, 1.82) is 5.26 Å². The minimum absolute atomic E-state index is 0.183. The smallest absolute Gasteiger partial charge is 0.230 e. The van der Waals surface area contributed by atoms with Gasteiger partial charge in [0.25, 0.3) is 0 Å². The standard InChI is InChI=1S/C12H21N3O/c1-10(2)12(5-7-14-9-12)11(16)15(3)8-4-6-13/h10,14H,4-5,7-9H2,1-3H3. The third-order valence-corrected chi connectivity index (χ3v) is 3.63. The number of carbonyl (C=O) groups is 1. The second kappa shape index (κ2) is 5.31. The number of rotatable bonds is 4. The maximum absolute atomic E-state index is 12.4. The van der Waals surface area contributed by atoms with Crippen molar-refractivity contribution in [3.63, 3.8) is 0 Å². The van der Waals surface area contributed by atoms with Crippen LogP contribution >= 0.6 is 0 Å². The number of hydrogen-bond acceptors (Lipinski definition) is 3. The lowest BCUT2D eigenvalue weighted by atomic mass is 9.75. The number of amides is 1. The van der Waals surface area contributed by atoms with Crippen LogP contribution in [0.25, 0.3) is 0 Å². The van der Waals surface area contributed by atoms with E-state index in [0.29, 0.717) is 18.9 Å². The quantitative estimate of drug-likeness (QED) is 0.773. The molecule has 4 nitrogen and oxygen atoms in total. The number of nitrogens with one attached hydrogen (secondary N) is 1. The highest BCUT2D eigenvalue weighted by Crippen LogP contribution is 2.35. The maximum Gasteiger partial charge on any atom is 0.230 e. The van der Waals surface area contributed by atoms with Crippen molar-refractivity contribution in [3.05, 3.63) is 0 Å². The Morgan fingerprint density at radius 3 is 2.75 bits per heavy atom. The zero-order chi connectivity index (χ0) is 12.2. The normalized spacial score (nSPS) is 24.4. The molecule has 1 amide bonds. The Morgan fingerprint density at radius 2 is 2.31 bits per heavy atom. The van der Waals surface area contributed by atoms with E-state index in [1.807, 2.05) is 0 Å². The zero-order valence-electron chi connectivity index (χ0n) is 10.4. The van der Waals surface area contributed by atoms with Crippen LogP contribution in [0.5, 0.6) is 0 Å². The largest absolute Gasteiger partial charge is 0.344 e. The van der Waals surface area contributed by atoms with Crippen LogP contribution in [0.2, 0.25) is 0 Å². The molecule has 1 fully saturated rings. The molecule has 0 saturated carbocycles. The molecule has 0 aliphatic carbocycles. The van der Waals surface area contributed by atoms with Crippen molar-refractivity contribution in [2.75, 3.05) is 26.7 Å². The van der Waals surface area contributed by atoms with Gasteiger partial charge in [0, 0.05) is 20.1 Å². The molecule has 0 aromatic carbocycles. The van der Waals surface area contributed by atoms with Gasteiger partial charge in [-0.1, -0.05) is 13.8 Å². The highest BCUT2D eigenvalue weighted by Gasteiger charge is 2.45. The van der Waals surface area contributed by atoms with Gasteiger partial charge >= 0.3 is 0 Å². The van der Waals surface area contributed by atoms with Gasteiger partial charge in [-0.2, -0.15) is 5.26 Å². The second-order valence-electron chi connectivity index (χ2n) is 4.87. The van der Waals surface area contributed by atoms with Gasteiger partial charge in [-0.3, -0.25) is 4.79 Å². The van der Waals surface area contributed by atoms with E-state index >= 15 is 0 Å². The molecule has 1 unspecified atom stereocenters. The highest BCUT2D eigenvalue weighted by molar-refractivity contribution is 5.83. The van der Waals surface area contributed by atoms with Gasteiger partial charge in [-0.15, -0.1) is 0 Å². The molecule has 16 heavy (non-hydrogen) atoms. The molecule has 90 valence electrons. The summed E-state index contributed by atoms with van der Waals surface area (Å²) in [7, 11) is 1.79. The molecule has 1 heterocycles. The Balaban J connectivity index is 2.72. The summed E-state index contributed by atoms with van der Waals surface area (Å²) in [6.45, 7) is 6.41. The summed E-state index contributed by atoms with van der Waals surface area (Å²) >= 11 is 0. The summed E-state index contributed by atoms with van der Waals surface area (Å²) in [5, 5.41) is 11.8. The van der Waals surface area contributed by atoms with Crippen LogP contribution in [0.15, 0.2) is 0 Å². The van der Waals surface area contributed by atoms with Gasteiger partial charge in [0.15, 0.2) is 0 Å². The van der Waals surface area contributed by atoms with Gasteiger partial charge in [-0.05, 0) is 18.9 Å². The minimum atomic E-state index is -0.260. The van der Waals surface area contributed by atoms with Crippen LogP contribution in [0.4, 0.5) is 0 Å². The van der Waals surface area contributed by atoms with Crippen LogP contribution < -0.4 is 5.32 Å². The van der Waals surface area contributed by atoms with E-state index in [-0.39, 0.29) is 11.3 Å². The number of nitriles is 1. The lowest BCUT2D eigenvalue weighted by Crippen LogP contribution is -2.47. The van der Waals surface area contributed by atoms with Crippen LogP contribution in [0, 0.1) is 22.7 Å². The fourth-order valence-corrected chi connectivity index (χ4v) is 2.33. The van der Waals surface area contributed by atoms with Crippen LogP contribution in [0.1, 0.15) is 26.7 Å². The molecule has 1 aliphatic rings. The van der Waals surface area contributed by atoms with E-state index < -0.39 is 0 Å². The Hall–Kier alpha value is -1.08. The number of carbonyl (C=O) groups excluding carboxylic acids is 1. The van der Waals surface area contributed by atoms with Gasteiger partial charge in [-0.25, -0.2) is 0 Å². The lowest BCUT2D eigenvalue weighted by molar-refractivity contribution is -0.142. The molecule has 1 aliphatic heterocycles. The fourth-order valence-electron chi connectivity index (χ4n) is 2.33. The monoisotopic (exact) mass is 223 g/mol. The topological polar surface area (TPSA) is 56.1 Å². The Labute approximate surface area is 97.6 Å². The first kappa shape index (κ1) is 13.0. The molecule has 1 N–H and O–H groups in total. The van der Waals surface area contributed by atoms with Gasteiger partial charge in [0.05, 0.1) is 17.9 Å². The molecular formula is C12H21N3O. The molecule has 0 spiro atoms. The van der Waals surface area contributed by atoms with Crippen molar-refractivity contribution >= 4 is 5.91 Å². The average molecular weight is 223 g/mol. The molecule has 1 rings (SSSR count).